The number of hydrogen-bond donors (Lipinski definition) is 3. The Balaban J connectivity index is 1.57. The number of nitrogens with zero attached hydrogens (tertiary/aromatic N) is 3. The van der Waals surface area contributed by atoms with Crippen molar-refractivity contribution in [3.8, 4) is 11.4 Å². The van der Waals surface area contributed by atoms with Crippen molar-refractivity contribution in [2.24, 2.45) is 0 Å². The Morgan fingerprint density at radius 3 is 2.83 bits per heavy atom. The monoisotopic (exact) mass is 318 g/mol. The van der Waals surface area contributed by atoms with Gasteiger partial charge in [0.1, 0.15) is 5.82 Å². The van der Waals surface area contributed by atoms with Crippen molar-refractivity contribution >= 4 is 16.6 Å². The molecule has 24 heavy (non-hydrogen) atoms. The average Bonchev–Trinajstić information content (AvgIpc) is 3.20. The lowest BCUT2D eigenvalue weighted by molar-refractivity contribution is 1.04. The summed E-state index contributed by atoms with van der Waals surface area (Å²) in [5.41, 5.74) is 5.48. The number of hydrogen-bond acceptors (Lipinski definition) is 4. The Bertz CT molecular complexity index is 965. The number of aromatic amines is 2. The third kappa shape index (κ3) is 2.74. The molecule has 0 fully saturated rings. The molecule has 6 heteroatoms. The molecule has 6 nitrogen and oxygen atoms in total. The normalized spacial score (nSPS) is 11.1. The zero-order chi connectivity index (χ0) is 16.5. The van der Waals surface area contributed by atoms with Crippen LogP contribution in [0.2, 0.25) is 0 Å². The van der Waals surface area contributed by atoms with Crippen LogP contribution < -0.4 is 5.32 Å². The molecule has 1 aromatic carbocycles. The maximum Gasteiger partial charge on any atom is 0.181 e. The van der Waals surface area contributed by atoms with E-state index in [4.69, 9.17) is 0 Å². The van der Waals surface area contributed by atoms with Crippen LogP contribution >= 0.6 is 0 Å². The molecule has 0 atom stereocenters. The van der Waals surface area contributed by atoms with E-state index in [0.717, 1.165) is 33.7 Å². The van der Waals surface area contributed by atoms with Gasteiger partial charge in [0.2, 0.25) is 0 Å². The fourth-order valence-electron chi connectivity index (χ4n) is 2.74. The van der Waals surface area contributed by atoms with Crippen molar-refractivity contribution in [3.05, 3.63) is 59.8 Å². The maximum absolute atomic E-state index is 4.39. The van der Waals surface area contributed by atoms with E-state index < -0.39 is 0 Å². The number of aryl methyl sites for hydroxylation is 2. The second kappa shape index (κ2) is 5.81. The highest BCUT2D eigenvalue weighted by molar-refractivity contribution is 5.79. The van der Waals surface area contributed by atoms with Gasteiger partial charge in [-0.1, -0.05) is 12.1 Å². The Morgan fingerprint density at radius 1 is 1.12 bits per heavy atom. The van der Waals surface area contributed by atoms with Crippen LogP contribution in [0, 0.1) is 13.8 Å². The van der Waals surface area contributed by atoms with E-state index in [1.165, 1.54) is 5.56 Å². The van der Waals surface area contributed by atoms with Crippen LogP contribution in [0.1, 0.15) is 17.1 Å². The first-order chi connectivity index (χ1) is 11.7. The molecule has 120 valence electrons. The molecule has 0 aliphatic rings. The van der Waals surface area contributed by atoms with E-state index in [1.54, 1.807) is 6.20 Å². The SMILES string of the molecule is Cc1nc(-c2ccc(C)c(NCc3cc4cnccc4[nH]3)c2)n[nH]1. The molecular weight excluding hydrogens is 300 g/mol. The molecule has 3 aromatic heterocycles. The molecule has 0 radical (unpaired) electrons. The molecule has 0 saturated carbocycles. The summed E-state index contributed by atoms with van der Waals surface area (Å²) in [4.78, 5) is 11.9. The predicted molar refractivity (Wildman–Crippen MR) is 94.7 cm³/mol. The highest BCUT2D eigenvalue weighted by atomic mass is 15.2. The van der Waals surface area contributed by atoms with Crippen molar-refractivity contribution in [2.45, 2.75) is 20.4 Å². The van der Waals surface area contributed by atoms with Crippen LogP contribution in [-0.4, -0.2) is 25.1 Å². The number of H-pyrrole nitrogens is 2. The van der Waals surface area contributed by atoms with Gasteiger partial charge in [-0.3, -0.25) is 10.1 Å². The van der Waals surface area contributed by atoms with Crippen LogP contribution in [0.15, 0.2) is 42.7 Å². The summed E-state index contributed by atoms with van der Waals surface area (Å²) in [7, 11) is 0. The van der Waals surface area contributed by atoms with Crippen molar-refractivity contribution in [1.82, 2.24) is 25.1 Å². The third-order valence-electron chi connectivity index (χ3n) is 4.04. The Labute approximate surface area is 139 Å². The summed E-state index contributed by atoms with van der Waals surface area (Å²) < 4.78 is 0. The molecule has 4 aromatic rings. The fraction of sp³-hybridized carbons (Fsp3) is 0.167. The van der Waals surface area contributed by atoms with Gasteiger partial charge in [0.25, 0.3) is 0 Å². The van der Waals surface area contributed by atoms with E-state index in [0.29, 0.717) is 12.4 Å². The summed E-state index contributed by atoms with van der Waals surface area (Å²) in [6, 6.07) is 10.3. The van der Waals surface area contributed by atoms with Crippen LogP contribution in [0.25, 0.3) is 22.3 Å². The molecule has 0 unspecified atom stereocenters. The van der Waals surface area contributed by atoms with E-state index >= 15 is 0 Å². The van der Waals surface area contributed by atoms with Gasteiger partial charge in [0.15, 0.2) is 5.82 Å². The second-order valence-corrected chi connectivity index (χ2v) is 5.89. The maximum atomic E-state index is 4.39. The lowest BCUT2D eigenvalue weighted by atomic mass is 10.1. The molecule has 0 bridgehead atoms. The van der Waals surface area contributed by atoms with Gasteiger partial charge >= 0.3 is 0 Å². The summed E-state index contributed by atoms with van der Waals surface area (Å²) >= 11 is 0. The van der Waals surface area contributed by atoms with Gasteiger partial charge in [-0.05, 0) is 37.6 Å². The number of aromatic nitrogens is 5. The fourth-order valence-corrected chi connectivity index (χ4v) is 2.74. The van der Waals surface area contributed by atoms with E-state index in [9.17, 15) is 0 Å². The molecular formula is C18H18N6. The molecule has 0 amide bonds. The molecule has 0 spiro atoms. The molecule has 3 heterocycles. The van der Waals surface area contributed by atoms with Gasteiger partial charge < -0.3 is 10.3 Å². The third-order valence-corrected chi connectivity index (χ3v) is 4.04. The molecule has 0 saturated heterocycles. The highest BCUT2D eigenvalue weighted by Gasteiger charge is 2.07. The lowest BCUT2D eigenvalue weighted by Gasteiger charge is -2.10. The van der Waals surface area contributed by atoms with Crippen LogP contribution in [0.4, 0.5) is 5.69 Å². The minimum atomic E-state index is 0.714. The van der Waals surface area contributed by atoms with E-state index in [2.05, 4.69) is 55.6 Å². The quantitative estimate of drug-likeness (QED) is 0.537. The standard InChI is InChI=1S/C18H18N6/c1-11-3-4-13(18-21-12(2)23-24-18)8-17(11)20-10-15-7-14-9-19-6-5-16(14)22-15/h3-9,20,22H,10H2,1-2H3,(H,21,23,24). The van der Waals surface area contributed by atoms with Crippen LogP contribution in [0.3, 0.4) is 0 Å². The van der Waals surface area contributed by atoms with Crippen molar-refractivity contribution < 1.29 is 0 Å². The number of fused-ring (bicyclic) bond motifs is 1. The van der Waals surface area contributed by atoms with Gasteiger partial charge in [-0.25, -0.2) is 4.98 Å². The highest BCUT2D eigenvalue weighted by Crippen LogP contribution is 2.24. The largest absolute Gasteiger partial charge is 0.379 e. The average molecular weight is 318 g/mol. The molecule has 0 aliphatic heterocycles. The van der Waals surface area contributed by atoms with Gasteiger partial charge in [-0.2, -0.15) is 5.10 Å². The Hall–Kier alpha value is -3.15. The van der Waals surface area contributed by atoms with Gasteiger partial charge in [0.05, 0.1) is 6.54 Å². The summed E-state index contributed by atoms with van der Waals surface area (Å²) in [5.74, 6) is 1.53. The minimum Gasteiger partial charge on any atom is -0.379 e. The number of nitrogens with one attached hydrogen (secondary N) is 3. The topological polar surface area (TPSA) is 82.3 Å². The van der Waals surface area contributed by atoms with Crippen molar-refractivity contribution in [2.75, 3.05) is 5.32 Å². The lowest BCUT2D eigenvalue weighted by Crippen LogP contribution is -2.01. The smallest absolute Gasteiger partial charge is 0.181 e. The van der Waals surface area contributed by atoms with Gasteiger partial charge in [0, 0.05) is 40.2 Å². The first kappa shape index (κ1) is 14.4. The molecule has 3 N–H and O–H groups in total. The predicted octanol–water partition coefficient (Wildman–Crippen LogP) is 3.58. The Morgan fingerprint density at radius 2 is 2.04 bits per heavy atom. The Kier molecular flexibility index (Phi) is 3.49. The minimum absolute atomic E-state index is 0.714. The zero-order valence-corrected chi connectivity index (χ0v) is 13.6. The first-order valence-corrected chi connectivity index (χ1v) is 7.84. The summed E-state index contributed by atoms with van der Waals surface area (Å²) in [6.07, 6.45) is 3.66. The van der Waals surface area contributed by atoms with Crippen molar-refractivity contribution in [3.63, 3.8) is 0 Å². The number of pyridine rings is 1. The molecule has 0 aliphatic carbocycles. The zero-order valence-electron chi connectivity index (χ0n) is 13.6. The number of rotatable bonds is 4. The summed E-state index contributed by atoms with van der Waals surface area (Å²) in [5, 5.41) is 11.7. The molecule has 4 rings (SSSR count). The summed E-state index contributed by atoms with van der Waals surface area (Å²) in [6.45, 7) is 4.70. The first-order valence-electron chi connectivity index (χ1n) is 7.84. The van der Waals surface area contributed by atoms with Crippen LogP contribution in [-0.2, 0) is 6.54 Å². The van der Waals surface area contributed by atoms with Crippen LogP contribution in [0.5, 0.6) is 0 Å². The van der Waals surface area contributed by atoms with Crippen molar-refractivity contribution in [1.29, 1.82) is 0 Å². The van der Waals surface area contributed by atoms with E-state index in [1.807, 2.05) is 25.3 Å². The number of benzene rings is 1. The second-order valence-electron chi connectivity index (χ2n) is 5.89. The van der Waals surface area contributed by atoms with Gasteiger partial charge in [-0.15, -0.1) is 0 Å². The number of anilines is 1. The van der Waals surface area contributed by atoms with E-state index in [-0.39, 0.29) is 0 Å².